The zero-order valence-electron chi connectivity index (χ0n) is 19.6. The van der Waals surface area contributed by atoms with E-state index in [1.807, 2.05) is 54.4 Å². The largest absolute Gasteiger partial charge is 0.339 e. The Morgan fingerprint density at radius 1 is 0.970 bits per heavy atom. The lowest BCUT2D eigenvalue weighted by atomic mass is 10.0. The molecular weight excluding hydrogens is 434 g/mol. The Kier molecular flexibility index (Phi) is 6.91. The molecule has 176 valence electrons. The van der Waals surface area contributed by atoms with Crippen molar-refractivity contribution in [3.05, 3.63) is 65.9 Å². The lowest BCUT2D eigenvalue weighted by Gasteiger charge is -2.26. The molecule has 1 aromatic heterocycles. The van der Waals surface area contributed by atoms with E-state index in [0.29, 0.717) is 6.54 Å². The highest BCUT2D eigenvalue weighted by Crippen LogP contribution is 2.25. The van der Waals surface area contributed by atoms with Gasteiger partial charge in [-0.2, -0.15) is 0 Å². The molecule has 0 spiro atoms. The first-order valence-electron chi connectivity index (χ1n) is 11.8. The van der Waals surface area contributed by atoms with Gasteiger partial charge in [0.1, 0.15) is 0 Å². The average molecular weight is 468 g/mol. The van der Waals surface area contributed by atoms with Crippen LogP contribution in [0.3, 0.4) is 0 Å². The van der Waals surface area contributed by atoms with Crippen LogP contribution in [0.2, 0.25) is 0 Å². The van der Waals surface area contributed by atoms with Crippen molar-refractivity contribution in [3.8, 4) is 5.69 Å². The second-order valence-corrected chi connectivity index (χ2v) is 11.6. The molecule has 0 radical (unpaired) electrons. The zero-order chi connectivity index (χ0) is 23.6. The van der Waals surface area contributed by atoms with Gasteiger partial charge in [0.05, 0.1) is 10.8 Å². The van der Waals surface area contributed by atoms with E-state index in [9.17, 15) is 13.2 Å². The Labute approximate surface area is 196 Å². The summed E-state index contributed by atoms with van der Waals surface area (Å²) in [5, 5.41) is 0.600. The van der Waals surface area contributed by atoms with E-state index < -0.39 is 15.3 Å². The van der Waals surface area contributed by atoms with Gasteiger partial charge in [0.2, 0.25) is 10.0 Å². The molecule has 1 aliphatic rings. The first-order chi connectivity index (χ1) is 15.8. The summed E-state index contributed by atoms with van der Waals surface area (Å²) in [5.74, 6) is 0.188. The highest BCUT2D eigenvalue weighted by Gasteiger charge is 2.19. The molecule has 6 nitrogen and oxygen atoms in total. The first-order valence-corrected chi connectivity index (χ1v) is 13.3. The van der Waals surface area contributed by atoms with Crippen molar-refractivity contribution >= 4 is 26.8 Å². The third kappa shape index (κ3) is 5.14. The highest BCUT2D eigenvalue weighted by molar-refractivity contribution is 7.90. The number of hydrogen-bond donors (Lipinski definition) is 1. The number of nitrogens with one attached hydrogen (secondary N) is 1. The van der Waals surface area contributed by atoms with Gasteiger partial charge in [0.15, 0.2) is 0 Å². The summed E-state index contributed by atoms with van der Waals surface area (Å²) in [6.07, 6.45) is 5.40. The highest BCUT2D eigenvalue weighted by atomic mass is 32.2. The Balaban J connectivity index is 1.49. The van der Waals surface area contributed by atoms with Gasteiger partial charge in [-0.25, -0.2) is 13.1 Å². The van der Waals surface area contributed by atoms with E-state index in [0.717, 1.165) is 53.6 Å². The number of nitrogens with zero attached hydrogens (tertiary/aromatic N) is 2. The molecule has 0 bridgehead atoms. The van der Waals surface area contributed by atoms with Gasteiger partial charge in [-0.1, -0.05) is 19.1 Å². The number of benzene rings is 2. The number of fused-ring (bicyclic) bond motifs is 1. The van der Waals surface area contributed by atoms with E-state index in [4.69, 9.17) is 0 Å². The maximum atomic E-state index is 12.9. The number of sulfonamides is 1. The lowest BCUT2D eigenvalue weighted by Crippen LogP contribution is -2.35. The molecule has 1 N–H and O–H groups in total. The summed E-state index contributed by atoms with van der Waals surface area (Å²) < 4.78 is 28.8. The molecule has 1 saturated heterocycles. The molecule has 3 aromatic rings. The fourth-order valence-corrected chi connectivity index (χ4v) is 5.09. The molecule has 33 heavy (non-hydrogen) atoms. The smallest absolute Gasteiger partial charge is 0.253 e. The number of aromatic nitrogens is 1. The minimum absolute atomic E-state index is 0.0670. The third-order valence-electron chi connectivity index (χ3n) is 6.53. The maximum absolute atomic E-state index is 12.9. The minimum atomic E-state index is -3.27. The SMILES string of the molecule is CC(C)S(=O)(=O)NC[C@H](C)c1ccc(-n2ccc3cc(C(=O)N4CCCCC4)ccc32)cc1. The molecule has 0 aliphatic carbocycles. The Hall–Kier alpha value is -2.64. The van der Waals surface area contributed by atoms with E-state index in [1.54, 1.807) is 13.8 Å². The number of amides is 1. The molecule has 7 heteroatoms. The van der Waals surface area contributed by atoms with E-state index >= 15 is 0 Å². The van der Waals surface area contributed by atoms with Crippen LogP contribution in [0.4, 0.5) is 0 Å². The fraction of sp³-hybridized carbons (Fsp3) is 0.423. The Morgan fingerprint density at radius 2 is 1.67 bits per heavy atom. The van der Waals surface area contributed by atoms with Crippen LogP contribution >= 0.6 is 0 Å². The summed E-state index contributed by atoms with van der Waals surface area (Å²) >= 11 is 0. The number of hydrogen-bond acceptors (Lipinski definition) is 3. The monoisotopic (exact) mass is 467 g/mol. The van der Waals surface area contributed by atoms with Gasteiger partial charge in [0.25, 0.3) is 5.91 Å². The van der Waals surface area contributed by atoms with E-state index in [2.05, 4.69) is 21.4 Å². The molecule has 2 heterocycles. The van der Waals surface area contributed by atoms with E-state index in [1.165, 1.54) is 6.42 Å². The summed E-state index contributed by atoms with van der Waals surface area (Å²) in [6, 6.07) is 16.2. The number of piperidine rings is 1. The second-order valence-electron chi connectivity index (χ2n) is 9.25. The van der Waals surface area contributed by atoms with Crippen LogP contribution in [0.15, 0.2) is 54.7 Å². The Bertz CT molecular complexity index is 1220. The van der Waals surface area contributed by atoms with Crippen molar-refractivity contribution in [3.63, 3.8) is 0 Å². The standard InChI is InChI=1S/C26H33N3O3S/c1-19(2)33(31,32)27-18-20(3)21-7-10-24(11-8-21)29-16-13-22-17-23(9-12-25(22)29)26(30)28-14-5-4-6-15-28/h7-13,16-17,19-20,27H,4-6,14-15,18H2,1-3H3/t20-/m0/s1. The molecule has 0 saturated carbocycles. The lowest BCUT2D eigenvalue weighted by molar-refractivity contribution is 0.0724. The normalized spacial score (nSPS) is 15.8. The molecule has 2 aromatic carbocycles. The van der Waals surface area contributed by atoms with Crippen LogP contribution in [0.5, 0.6) is 0 Å². The molecule has 0 unspecified atom stereocenters. The molecule has 1 amide bonds. The number of carbonyl (C=O) groups excluding carboxylic acids is 1. The molecular formula is C26H33N3O3S. The van der Waals surface area contributed by atoms with Crippen molar-refractivity contribution in [1.29, 1.82) is 0 Å². The third-order valence-corrected chi connectivity index (χ3v) is 8.34. The summed E-state index contributed by atoms with van der Waals surface area (Å²) in [7, 11) is -3.27. The van der Waals surface area contributed by atoms with Gasteiger partial charge in [-0.3, -0.25) is 4.79 Å². The van der Waals surface area contributed by atoms with Crippen LogP contribution in [0, 0.1) is 0 Å². The van der Waals surface area contributed by atoms with Crippen molar-refractivity contribution < 1.29 is 13.2 Å². The number of likely N-dealkylation sites (tertiary alicyclic amines) is 1. The molecule has 1 fully saturated rings. The van der Waals surface area contributed by atoms with Crippen LogP contribution in [0.25, 0.3) is 16.6 Å². The average Bonchev–Trinajstić information content (AvgIpc) is 3.26. The van der Waals surface area contributed by atoms with Crippen LogP contribution in [-0.4, -0.2) is 48.7 Å². The zero-order valence-corrected chi connectivity index (χ0v) is 20.4. The summed E-state index contributed by atoms with van der Waals surface area (Å²) in [6.45, 7) is 7.44. The summed E-state index contributed by atoms with van der Waals surface area (Å²) in [5.41, 5.74) is 3.90. The second kappa shape index (κ2) is 9.69. The number of carbonyl (C=O) groups is 1. The van der Waals surface area contributed by atoms with Crippen LogP contribution in [0.1, 0.15) is 61.9 Å². The van der Waals surface area contributed by atoms with Gasteiger partial charge in [-0.15, -0.1) is 0 Å². The first kappa shape index (κ1) is 23.5. The van der Waals surface area contributed by atoms with Gasteiger partial charge in [-0.05, 0) is 81.0 Å². The van der Waals surface area contributed by atoms with Gasteiger partial charge < -0.3 is 9.47 Å². The quantitative estimate of drug-likeness (QED) is 0.548. The summed E-state index contributed by atoms with van der Waals surface area (Å²) in [4.78, 5) is 14.8. The predicted octanol–water partition coefficient (Wildman–Crippen LogP) is 4.69. The fourth-order valence-electron chi connectivity index (χ4n) is 4.27. The molecule has 4 rings (SSSR count). The Morgan fingerprint density at radius 3 is 2.33 bits per heavy atom. The van der Waals surface area contributed by atoms with Gasteiger partial charge in [0, 0.05) is 42.5 Å². The van der Waals surface area contributed by atoms with Crippen molar-refractivity contribution in [1.82, 2.24) is 14.2 Å². The number of rotatable bonds is 7. The predicted molar refractivity (Wildman–Crippen MR) is 134 cm³/mol. The molecule has 1 aliphatic heterocycles. The topological polar surface area (TPSA) is 71.4 Å². The van der Waals surface area contributed by atoms with Crippen molar-refractivity contribution in [2.24, 2.45) is 0 Å². The minimum Gasteiger partial charge on any atom is -0.339 e. The maximum Gasteiger partial charge on any atom is 0.253 e. The van der Waals surface area contributed by atoms with Gasteiger partial charge >= 0.3 is 0 Å². The van der Waals surface area contributed by atoms with Crippen LogP contribution < -0.4 is 4.72 Å². The molecule has 1 atom stereocenters. The van der Waals surface area contributed by atoms with Crippen molar-refractivity contribution in [2.75, 3.05) is 19.6 Å². The van der Waals surface area contributed by atoms with E-state index in [-0.39, 0.29) is 11.8 Å². The van der Waals surface area contributed by atoms with Crippen molar-refractivity contribution in [2.45, 2.75) is 51.2 Å². The van der Waals surface area contributed by atoms with Crippen LogP contribution in [-0.2, 0) is 10.0 Å².